The van der Waals surface area contributed by atoms with E-state index in [0.29, 0.717) is 12.4 Å². The number of carbonyl (C=O) groups excluding carboxylic acids is 1. The van der Waals surface area contributed by atoms with Gasteiger partial charge in [-0.25, -0.2) is 0 Å². The van der Waals surface area contributed by atoms with Crippen molar-refractivity contribution < 1.29 is 14.6 Å². The Bertz CT molecular complexity index is 1010. The number of quaternary nitrogens is 2. The van der Waals surface area contributed by atoms with Crippen LogP contribution in [0.4, 0.5) is 11.4 Å². The Morgan fingerprint density at radius 2 is 1.58 bits per heavy atom. The van der Waals surface area contributed by atoms with Gasteiger partial charge in [0.2, 0.25) is 5.78 Å². The van der Waals surface area contributed by atoms with Gasteiger partial charge in [-0.15, -0.1) is 0 Å². The first kappa shape index (κ1) is 21.1. The molecule has 0 atom stereocenters. The van der Waals surface area contributed by atoms with Gasteiger partial charge in [0.1, 0.15) is 56.7 Å². The number of ketones is 1. The molecule has 2 aliphatic heterocycles. The highest BCUT2D eigenvalue weighted by molar-refractivity contribution is 6.03. The molecule has 2 aliphatic rings. The van der Waals surface area contributed by atoms with Crippen LogP contribution in [0.15, 0.2) is 59.9 Å². The Morgan fingerprint density at radius 1 is 0.968 bits per heavy atom. The summed E-state index contributed by atoms with van der Waals surface area (Å²) in [5.41, 5.74) is 4.96. The van der Waals surface area contributed by atoms with Gasteiger partial charge in [0.25, 0.3) is 0 Å². The maximum Gasteiger partial charge on any atom is 0.231 e. The number of nitrogens with one attached hydrogen (secondary N) is 2. The van der Waals surface area contributed by atoms with Gasteiger partial charge >= 0.3 is 0 Å². The molecule has 160 valence electrons. The minimum Gasteiger partial charge on any atom is -0.328 e. The molecule has 1 saturated heterocycles. The van der Waals surface area contributed by atoms with E-state index in [0.717, 1.165) is 44.1 Å². The third-order valence-electron chi connectivity index (χ3n) is 6.47. The van der Waals surface area contributed by atoms with E-state index in [9.17, 15) is 10.1 Å². The Hall–Kier alpha value is -3.14. The molecular formula is C25H31N5O+2. The number of hydrogen-bond acceptors (Lipinski definition) is 4. The van der Waals surface area contributed by atoms with Crippen LogP contribution in [-0.4, -0.2) is 52.6 Å². The number of nitriles is 1. The summed E-state index contributed by atoms with van der Waals surface area (Å²) in [4.78, 5) is 19.9. The Kier molecular flexibility index (Phi) is 6.08. The zero-order chi connectivity index (χ0) is 22.0. The van der Waals surface area contributed by atoms with Gasteiger partial charge in [-0.3, -0.25) is 4.79 Å². The van der Waals surface area contributed by atoms with E-state index in [2.05, 4.69) is 37.3 Å². The normalized spacial score (nSPS) is 20.4. The second-order valence-electron chi connectivity index (χ2n) is 8.68. The quantitative estimate of drug-likeness (QED) is 0.538. The van der Waals surface area contributed by atoms with Gasteiger partial charge in [0, 0.05) is 19.7 Å². The number of aryl methyl sites for hydroxylation is 1. The number of carbonyl (C=O) groups is 1. The molecule has 6 nitrogen and oxygen atoms in total. The van der Waals surface area contributed by atoms with E-state index in [-0.39, 0.29) is 11.4 Å². The third kappa shape index (κ3) is 4.34. The molecule has 2 aromatic rings. The number of hydrogen-bond donors (Lipinski definition) is 2. The van der Waals surface area contributed by atoms with Gasteiger partial charge < -0.3 is 19.6 Å². The van der Waals surface area contributed by atoms with E-state index in [4.69, 9.17) is 0 Å². The molecule has 31 heavy (non-hydrogen) atoms. The highest BCUT2D eigenvalue weighted by Gasteiger charge is 2.33. The highest BCUT2D eigenvalue weighted by atomic mass is 16.1. The molecule has 0 unspecified atom stereocenters. The molecule has 2 heterocycles. The minimum atomic E-state index is -0.0684. The molecule has 2 aromatic carbocycles. The Morgan fingerprint density at radius 3 is 2.16 bits per heavy atom. The number of piperazine rings is 1. The topological polar surface area (TPSA) is 56.2 Å². The average Bonchev–Trinajstić information content (AvgIpc) is 3.01. The van der Waals surface area contributed by atoms with E-state index in [1.54, 1.807) is 4.90 Å². The summed E-state index contributed by atoms with van der Waals surface area (Å²) in [5.74, 6) is 0.609. The fraction of sp³-hybridized carbons (Fsp3) is 0.360. The van der Waals surface area contributed by atoms with Gasteiger partial charge in [-0.2, -0.15) is 5.26 Å². The van der Waals surface area contributed by atoms with Crippen molar-refractivity contribution in [3.63, 3.8) is 0 Å². The van der Waals surface area contributed by atoms with E-state index in [1.807, 2.05) is 48.2 Å². The maximum atomic E-state index is 13.1. The van der Waals surface area contributed by atoms with Crippen LogP contribution in [-0.2, 0) is 11.3 Å². The summed E-state index contributed by atoms with van der Waals surface area (Å²) in [7, 11) is 3.84. The first-order chi connectivity index (χ1) is 15.0. The number of rotatable bonds is 5. The molecule has 4 rings (SSSR count). The number of benzene rings is 2. The van der Waals surface area contributed by atoms with Crippen molar-refractivity contribution in [1.29, 1.82) is 5.26 Å². The van der Waals surface area contributed by atoms with Crippen LogP contribution in [0, 0.1) is 18.3 Å². The second-order valence-corrected chi connectivity index (χ2v) is 8.68. The van der Waals surface area contributed by atoms with Crippen LogP contribution in [0.25, 0.3) is 0 Å². The van der Waals surface area contributed by atoms with Crippen molar-refractivity contribution in [1.82, 2.24) is 0 Å². The predicted molar refractivity (Wildman–Crippen MR) is 122 cm³/mol. The van der Waals surface area contributed by atoms with E-state index >= 15 is 0 Å². The lowest BCUT2D eigenvalue weighted by Gasteiger charge is -2.29. The minimum absolute atomic E-state index is 0.0684. The van der Waals surface area contributed by atoms with Gasteiger partial charge in [0.15, 0.2) is 0 Å². The summed E-state index contributed by atoms with van der Waals surface area (Å²) in [6.07, 6.45) is 0. The van der Waals surface area contributed by atoms with E-state index in [1.165, 1.54) is 16.0 Å². The maximum absolute atomic E-state index is 13.1. The molecule has 0 aromatic heterocycles. The van der Waals surface area contributed by atoms with Crippen LogP contribution in [0.1, 0.15) is 11.1 Å². The molecule has 0 saturated carbocycles. The SMILES string of the molecule is Cc1cccc(C[NH+]2CC[NH+](CC(=O)C(C#N)=C3N(C)c4ccccc4N3C)CC2)c1. The van der Waals surface area contributed by atoms with Gasteiger partial charge in [-0.1, -0.05) is 42.0 Å². The number of fused-ring (bicyclic) bond motifs is 1. The lowest BCUT2D eigenvalue weighted by Crippen LogP contribution is -3.27. The summed E-state index contributed by atoms with van der Waals surface area (Å²) >= 11 is 0. The molecule has 6 heteroatoms. The van der Waals surface area contributed by atoms with Crippen molar-refractivity contribution in [2.75, 3.05) is 56.6 Å². The molecule has 0 radical (unpaired) electrons. The molecule has 1 fully saturated rings. The highest BCUT2D eigenvalue weighted by Crippen LogP contribution is 2.40. The molecule has 0 bridgehead atoms. The van der Waals surface area contributed by atoms with Crippen molar-refractivity contribution >= 4 is 17.2 Å². The smallest absolute Gasteiger partial charge is 0.231 e. The van der Waals surface area contributed by atoms with Crippen molar-refractivity contribution in [2.24, 2.45) is 0 Å². The van der Waals surface area contributed by atoms with Crippen LogP contribution < -0.4 is 19.6 Å². The van der Waals surface area contributed by atoms with E-state index < -0.39 is 0 Å². The predicted octanol–water partition coefficient (Wildman–Crippen LogP) is 0.169. The largest absolute Gasteiger partial charge is 0.328 e. The van der Waals surface area contributed by atoms with Crippen molar-refractivity contribution in [3.8, 4) is 6.07 Å². The Labute approximate surface area is 184 Å². The fourth-order valence-corrected chi connectivity index (χ4v) is 4.79. The summed E-state index contributed by atoms with van der Waals surface area (Å²) < 4.78 is 0. The number of nitrogens with zero attached hydrogens (tertiary/aromatic N) is 3. The summed E-state index contributed by atoms with van der Waals surface area (Å²) in [6.45, 7) is 7.53. The van der Waals surface area contributed by atoms with Crippen LogP contribution in [0.2, 0.25) is 0 Å². The van der Waals surface area contributed by atoms with Crippen LogP contribution >= 0.6 is 0 Å². The third-order valence-corrected chi connectivity index (χ3v) is 6.47. The number of Topliss-reactive ketones (excluding diaryl/α,β-unsaturated/α-hetero) is 1. The van der Waals surface area contributed by atoms with Gasteiger partial charge in [-0.05, 0) is 19.1 Å². The van der Waals surface area contributed by atoms with Crippen molar-refractivity contribution in [2.45, 2.75) is 13.5 Å². The van der Waals surface area contributed by atoms with Gasteiger partial charge in [0.05, 0.1) is 11.4 Å². The monoisotopic (exact) mass is 417 g/mol. The molecular weight excluding hydrogens is 386 g/mol. The molecule has 0 aliphatic carbocycles. The lowest BCUT2D eigenvalue weighted by atomic mass is 10.1. The average molecular weight is 418 g/mol. The first-order valence-electron chi connectivity index (χ1n) is 10.9. The fourth-order valence-electron chi connectivity index (χ4n) is 4.79. The zero-order valence-corrected chi connectivity index (χ0v) is 18.6. The number of para-hydroxylation sites is 2. The summed E-state index contributed by atoms with van der Waals surface area (Å²) in [6, 6.07) is 18.9. The summed E-state index contributed by atoms with van der Waals surface area (Å²) in [5, 5.41) is 9.83. The van der Waals surface area contributed by atoms with Crippen LogP contribution in [0.3, 0.4) is 0 Å². The Balaban J connectivity index is 1.39. The zero-order valence-electron chi connectivity index (χ0n) is 18.6. The lowest BCUT2D eigenvalue weighted by molar-refractivity contribution is -1.01. The second kappa shape index (κ2) is 8.93. The standard InChI is InChI=1S/C25H29N5O/c1-19-7-6-8-20(15-19)17-29-11-13-30(14-12-29)18-24(31)21(16-26)25-27(2)22-9-4-5-10-23(22)28(25)3/h4-10,15H,11-14,17-18H2,1-3H3/p+2. The molecule has 0 amide bonds. The first-order valence-corrected chi connectivity index (χ1v) is 10.9. The van der Waals surface area contributed by atoms with Crippen molar-refractivity contribution in [3.05, 3.63) is 71.1 Å². The molecule has 0 spiro atoms. The number of anilines is 2. The molecule has 2 N–H and O–H groups in total. The van der Waals surface area contributed by atoms with Crippen LogP contribution in [0.5, 0.6) is 0 Å².